The van der Waals surface area contributed by atoms with Gasteiger partial charge in [0.2, 0.25) is 0 Å². The first-order chi connectivity index (χ1) is 5.93. The summed E-state index contributed by atoms with van der Waals surface area (Å²) in [4.78, 5) is 4.15. The normalized spacial score (nSPS) is 9.08. The van der Waals surface area contributed by atoms with Crippen LogP contribution in [0.15, 0.2) is 10.9 Å². The summed E-state index contributed by atoms with van der Waals surface area (Å²) in [6.45, 7) is 3.66. The Kier molecular flexibility index (Phi) is 4.43. The van der Waals surface area contributed by atoms with E-state index in [1.807, 2.05) is 12.4 Å². The van der Waals surface area contributed by atoms with Crippen molar-refractivity contribution in [3.05, 3.63) is 16.6 Å². The second-order valence-electron chi connectivity index (χ2n) is 2.33. The molecular formula is C9H12N2S. The van der Waals surface area contributed by atoms with Crippen LogP contribution >= 0.6 is 11.3 Å². The van der Waals surface area contributed by atoms with Gasteiger partial charge in [-0.1, -0.05) is 0 Å². The maximum atomic E-state index is 4.15. The molecule has 0 fully saturated rings. The first-order valence-corrected chi connectivity index (χ1v) is 4.85. The van der Waals surface area contributed by atoms with Crippen molar-refractivity contribution >= 4 is 11.3 Å². The summed E-state index contributed by atoms with van der Waals surface area (Å²) in [5.41, 5.74) is 2.97. The molecule has 0 radical (unpaired) electrons. The molecule has 2 nitrogen and oxygen atoms in total. The van der Waals surface area contributed by atoms with Gasteiger partial charge in [-0.25, -0.2) is 4.98 Å². The van der Waals surface area contributed by atoms with Gasteiger partial charge in [0.15, 0.2) is 0 Å². The molecule has 1 heterocycles. The van der Waals surface area contributed by atoms with Crippen LogP contribution in [-0.4, -0.2) is 11.5 Å². The molecule has 64 valence electrons. The SMILES string of the molecule is CC#CCCNCc1cscn1. The molecule has 0 saturated carbocycles. The Balaban J connectivity index is 2.06. The predicted octanol–water partition coefficient (Wildman–Crippen LogP) is 1.65. The van der Waals surface area contributed by atoms with Gasteiger partial charge in [0.1, 0.15) is 0 Å². The molecule has 0 aliphatic heterocycles. The molecule has 1 aromatic rings. The number of thiazole rings is 1. The molecule has 0 amide bonds. The summed E-state index contributed by atoms with van der Waals surface area (Å²) >= 11 is 1.63. The number of nitrogens with one attached hydrogen (secondary N) is 1. The van der Waals surface area contributed by atoms with Gasteiger partial charge < -0.3 is 5.32 Å². The fourth-order valence-electron chi connectivity index (χ4n) is 0.817. The van der Waals surface area contributed by atoms with Crippen LogP contribution in [-0.2, 0) is 6.54 Å². The van der Waals surface area contributed by atoms with E-state index >= 15 is 0 Å². The van der Waals surface area contributed by atoms with E-state index in [1.165, 1.54) is 0 Å². The van der Waals surface area contributed by atoms with E-state index in [1.54, 1.807) is 11.3 Å². The topological polar surface area (TPSA) is 24.9 Å². The Hall–Kier alpha value is -0.850. The summed E-state index contributed by atoms with van der Waals surface area (Å²) in [6.07, 6.45) is 0.917. The van der Waals surface area contributed by atoms with Gasteiger partial charge in [0.05, 0.1) is 11.2 Å². The number of rotatable bonds is 4. The quantitative estimate of drug-likeness (QED) is 0.563. The van der Waals surface area contributed by atoms with E-state index in [-0.39, 0.29) is 0 Å². The van der Waals surface area contributed by atoms with Crippen molar-refractivity contribution in [1.29, 1.82) is 0 Å². The minimum absolute atomic E-state index is 0.856. The average Bonchev–Trinajstić information content (AvgIpc) is 2.57. The molecule has 3 heteroatoms. The summed E-state index contributed by atoms with van der Waals surface area (Å²) in [5, 5.41) is 5.32. The lowest BCUT2D eigenvalue weighted by atomic mass is 10.4. The molecule has 0 aromatic carbocycles. The maximum absolute atomic E-state index is 4.15. The molecule has 12 heavy (non-hydrogen) atoms. The van der Waals surface area contributed by atoms with Crippen molar-refractivity contribution in [1.82, 2.24) is 10.3 Å². The number of nitrogens with zero attached hydrogens (tertiary/aromatic N) is 1. The third kappa shape index (κ3) is 3.51. The predicted molar refractivity (Wildman–Crippen MR) is 51.9 cm³/mol. The van der Waals surface area contributed by atoms with Crippen LogP contribution in [0.2, 0.25) is 0 Å². The van der Waals surface area contributed by atoms with Crippen LogP contribution in [0.4, 0.5) is 0 Å². The van der Waals surface area contributed by atoms with Crippen LogP contribution in [0.1, 0.15) is 19.0 Å². The van der Waals surface area contributed by atoms with Crippen LogP contribution in [0.3, 0.4) is 0 Å². The van der Waals surface area contributed by atoms with Gasteiger partial charge >= 0.3 is 0 Å². The number of aromatic nitrogens is 1. The fourth-order valence-corrected chi connectivity index (χ4v) is 1.38. The van der Waals surface area contributed by atoms with Gasteiger partial charge in [0.25, 0.3) is 0 Å². The smallest absolute Gasteiger partial charge is 0.0795 e. The van der Waals surface area contributed by atoms with E-state index in [0.717, 1.165) is 25.2 Å². The zero-order chi connectivity index (χ0) is 8.65. The monoisotopic (exact) mass is 180 g/mol. The molecule has 0 unspecified atom stereocenters. The highest BCUT2D eigenvalue weighted by atomic mass is 32.1. The van der Waals surface area contributed by atoms with Crippen LogP contribution in [0.25, 0.3) is 0 Å². The molecule has 0 spiro atoms. The minimum Gasteiger partial charge on any atom is -0.310 e. The molecule has 0 atom stereocenters. The molecule has 1 aromatic heterocycles. The average molecular weight is 180 g/mol. The molecule has 0 aliphatic rings. The Bertz CT molecular complexity index is 256. The highest BCUT2D eigenvalue weighted by molar-refractivity contribution is 7.07. The van der Waals surface area contributed by atoms with E-state index in [9.17, 15) is 0 Å². The zero-order valence-corrected chi connectivity index (χ0v) is 7.95. The second-order valence-corrected chi connectivity index (χ2v) is 3.05. The minimum atomic E-state index is 0.856. The summed E-state index contributed by atoms with van der Waals surface area (Å²) in [5.74, 6) is 5.86. The van der Waals surface area contributed by atoms with Crippen molar-refractivity contribution in [3.63, 3.8) is 0 Å². The lowest BCUT2D eigenvalue weighted by Gasteiger charge is -1.97. The largest absolute Gasteiger partial charge is 0.310 e. The van der Waals surface area contributed by atoms with Gasteiger partial charge in [-0.05, 0) is 6.92 Å². The van der Waals surface area contributed by atoms with Crippen molar-refractivity contribution in [2.24, 2.45) is 0 Å². The number of hydrogen-bond acceptors (Lipinski definition) is 3. The molecule has 1 rings (SSSR count). The van der Waals surface area contributed by atoms with E-state index in [4.69, 9.17) is 0 Å². The fraction of sp³-hybridized carbons (Fsp3) is 0.444. The Morgan fingerprint density at radius 2 is 2.58 bits per heavy atom. The third-order valence-electron chi connectivity index (χ3n) is 1.39. The number of hydrogen-bond donors (Lipinski definition) is 1. The molecule has 0 aliphatic carbocycles. The van der Waals surface area contributed by atoms with Crippen LogP contribution < -0.4 is 5.32 Å². The zero-order valence-electron chi connectivity index (χ0n) is 7.13. The van der Waals surface area contributed by atoms with Gasteiger partial charge in [0, 0.05) is 24.9 Å². The van der Waals surface area contributed by atoms with Crippen molar-refractivity contribution in [2.75, 3.05) is 6.54 Å². The molecular weight excluding hydrogens is 168 g/mol. The lowest BCUT2D eigenvalue weighted by Crippen LogP contribution is -2.14. The third-order valence-corrected chi connectivity index (χ3v) is 2.03. The first-order valence-electron chi connectivity index (χ1n) is 3.91. The molecule has 0 saturated heterocycles. The second kappa shape index (κ2) is 5.76. The molecule has 0 bridgehead atoms. The Morgan fingerprint density at radius 3 is 3.25 bits per heavy atom. The summed E-state index contributed by atoms with van der Waals surface area (Å²) < 4.78 is 0. The lowest BCUT2D eigenvalue weighted by molar-refractivity contribution is 0.690. The molecule has 1 N–H and O–H groups in total. The highest BCUT2D eigenvalue weighted by Crippen LogP contribution is 1.99. The highest BCUT2D eigenvalue weighted by Gasteiger charge is 1.91. The van der Waals surface area contributed by atoms with Crippen LogP contribution in [0, 0.1) is 11.8 Å². The van der Waals surface area contributed by atoms with E-state index in [0.29, 0.717) is 0 Å². The Labute approximate surface area is 77.0 Å². The van der Waals surface area contributed by atoms with E-state index in [2.05, 4.69) is 27.5 Å². The van der Waals surface area contributed by atoms with Crippen molar-refractivity contribution < 1.29 is 0 Å². The first kappa shape index (κ1) is 9.24. The van der Waals surface area contributed by atoms with Crippen molar-refractivity contribution in [2.45, 2.75) is 19.9 Å². The van der Waals surface area contributed by atoms with Crippen molar-refractivity contribution in [3.8, 4) is 11.8 Å². The van der Waals surface area contributed by atoms with Gasteiger partial charge in [-0.15, -0.1) is 23.2 Å². The van der Waals surface area contributed by atoms with Gasteiger partial charge in [-0.2, -0.15) is 0 Å². The maximum Gasteiger partial charge on any atom is 0.0795 e. The van der Waals surface area contributed by atoms with E-state index < -0.39 is 0 Å². The summed E-state index contributed by atoms with van der Waals surface area (Å²) in [7, 11) is 0. The van der Waals surface area contributed by atoms with Gasteiger partial charge in [-0.3, -0.25) is 0 Å². The summed E-state index contributed by atoms with van der Waals surface area (Å²) in [6, 6.07) is 0. The Morgan fingerprint density at radius 1 is 1.67 bits per heavy atom. The standard InChI is InChI=1S/C9H12N2S/c1-2-3-4-5-10-6-9-7-12-8-11-9/h7-8,10H,4-6H2,1H3. The van der Waals surface area contributed by atoms with Crippen LogP contribution in [0.5, 0.6) is 0 Å².